The number of aliphatic hydroxyl groups is 1. The van der Waals surface area contributed by atoms with E-state index < -0.39 is 12.2 Å². The van der Waals surface area contributed by atoms with E-state index in [4.69, 9.17) is 18.9 Å². The molecule has 2 aliphatic rings. The predicted molar refractivity (Wildman–Crippen MR) is 120 cm³/mol. The Balaban J connectivity index is 1.18. The Hall–Kier alpha value is -2.72. The van der Waals surface area contributed by atoms with Gasteiger partial charge in [0, 0.05) is 37.8 Å². The van der Waals surface area contributed by atoms with Crippen LogP contribution in [0, 0.1) is 0 Å². The lowest BCUT2D eigenvalue weighted by Gasteiger charge is -2.20. The zero-order chi connectivity index (χ0) is 23.2. The van der Waals surface area contributed by atoms with E-state index in [0.29, 0.717) is 31.9 Å². The predicted octanol–water partition coefficient (Wildman–Crippen LogP) is 1.18. The van der Waals surface area contributed by atoms with Gasteiger partial charge in [0.2, 0.25) is 11.8 Å². The molecule has 5 atom stereocenters. The summed E-state index contributed by atoms with van der Waals surface area (Å²) in [5.74, 6) is 1.26. The number of nitrogens with zero attached hydrogens (tertiary/aromatic N) is 1. The van der Waals surface area contributed by atoms with Crippen LogP contribution in [-0.2, 0) is 27.4 Å². The van der Waals surface area contributed by atoms with Gasteiger partial charge in [0.15, 0.2) is 0 Å². The maximum atomic E-state index is 12.3. The summed E-state index contributed by atoms with van der Waals surface area (Å²) in [4.78, 5) is 16.5. The summed E-state index contributed by atoms with van der Waals surface area (Å²) in [6, 6.07) is 11.3. The molecule has 0 saturated carbocycles. The van der Waals surface area contributed by atoms with Crippen LogP contribution in [0.25, 0.3) is 0 Å². The molecule has 0 aliphatic carbocycles. The summed E-state index contributed by atoms with van der Waals surface area (Å²) < 4.78 is 22.4. The fraction of sp³-hybridized carbons (Fsp3) is 0.500. The number of hydrogen-bond donors (Lipinski definition) is 3. The summed E-state index contributed by atoms with van der Waals surface area (Å²) >= 11 is 0. The van der Waals surface area contributed by atoms with Gasteiger partial charge < -0.3 is 34.7 Å². The zero-order valence-corrected chi connectivity index (χ0v) is 18.9. The first-order valence-corrected chi connectivity index (χ1v) is 11.1. The van der Waals surface area contributed by atoms with Gasteiger partial charge in [-0.2, -0.15) is 0 Å². The summed E-state index contributed by atoms with van der Waals surface area (Å²) in [7, 11) is 3.21. The van der Waals surface area contributed by atoms with E-state index in [0.717, 1.165) is 16.9 Å². The van der Waals surface area contributed by atoms with Crippen molar-refractivity contribution < 1.29 is 28.8 Å². The van der Waals surface area contributed by atoms with Crippen LogP contribution >= 0.6 is 0 Å². The third-order valence-corrected chi connectivity index (χ3v) is 6.04. The number of hydrogen-bond acceptors (Lipinski definition) is 8. The fourth-order valence-corrected chi connectivity index (χ4v) is 4.32. The van der Waals surface area contributed by atoms with Gasteiger partial charge in [-0.25, -0.2) is 4.98 Å². The minimum atomic E-state index is -0.745. The van der Waals surface area contributed by atoms with Gasteiger partial charge >= 0.3 is 0 Å². The molecule has 0 spiro atoms. The van der Waals surface area contributed by atoms with Crippen LogP contribution < -0.4 is 20.1 Å². The highest BCUT2D eigenvalue weighted by Gasteiger charge is 2.50. The van der Waals surface area contributed by atoms with Gasteiger partial charge in [0.05, 0.1) is 39.0 Å². The van der Waals surface area contributed by atoms with Crippen molar-refractivity contribution in [2.75, 3.05) is 20.8 Å². The monoisotopic (exact) mass is 457 g/mol. The Bertz CT molecular complexity index is 925. The van der Waals surface area contributed by atoms with E-state index in [1.165, 1.54) is 0 Å². The van der Waals surface area contributed by atoms with E-state index in [1.54, 1.807) is 20.4 Å². The lowest BCUT2D eigenvalue weighted by Crippen LogP contribution is -2.39. The Labute approximate surface area is 193 Å². The smallest absolute Gasteiger partial charge is 0.222 e. The largest absolute Gasteiger partial charge is 0.497 e. The standard InChI is InChI=1S/C24H31N3O6/c1-30-17-7-5-15(6-8-17)12-27-21(28)11-18-10-19-23(32-18)22(29)20(33-19)14-25-13-16-4-3-9-26-24(16)31-2/h3-9,18-20,22-23,25,29H,10-14H2,1-2H3,(H,27,28). The zero-order valence-electron chi connectivity index (χ0n) is 18.9. The van der Waals surface area contributed by atoms with Crippen LogP contribution in [0.1, 0.15) is 24.0 Å². The van der Waals surface area contributed by atoms with E-state index >= 15 is 0 Å². The molecule has 0 radical (unpaired) electrons. The number of aromatic nitrogens is 1. The average molecular weight is 458 g/mol. The van der Waals surface area contributed by atoms with Crippen molar-refractivity contribution in [3.63, 3.8) is 0 Å². The molecule has 5 unspecified atom stereocenters. The number of amides is 1. The number of aliphatic hydroxyl groups excluding tert-OH is 1. The number of carbonyl (C=O) groups is 1. The normalized spacial score (nSPS) is 26.1. The van der Waals surface area contributed by atoms with Gasteiger partial charge in [-0.05, 0) is 23.8 Å². The van der Waals surface area contributed by atoms with Crippen molar-refractivity contribution in [2.45, 2.75) is 56.5 Å². The molecule has 2 fully saturated rings. The van der Waals surface area contributed by atoms with Gasteiger partial charge in [-0.15, -0.1) is 0 Å². The minimum Gasteiger partial charge on any atom is -0.497 e. The van der Waals surface area contributed by atoms with E-state index in [2.05, 4.69) is 15.6 Å². The Morgan fingerprint density at radius 1 is 1.15 bits per heavy atom. The molecule has 0 bridgehead atoms. The van der Waals surface area contributed by atoms with Gasteiger partial charge in [0.25, 0.3) is 0 Å². The first-order valence-electron chi connectivity index (χ1n) is 11.1. The highest BCUT2D eigenvalue weighted by Crippen LogP contribution is 2.35. The highest BCUT2D eigenvalue weighted by molar-refractivity contribution is 5.76. The maximum absolute atomic E-state index is 12.3. The number of fused-ring (bicyclic) bond motifs is 1. The van der Waals surface area contributed by atoms with Crippen molar-refractivity contribution in [2.24, 2.45) is 0 Å². The number of ether oxygens (including phenoxy) is 4. The molecule has 9 nitrogen and oxygen atoms in total. The van der Waals surface area contributed by atoms with Crippen LogP contribution in [0.5, 0.6) is 11.6 Å². The first-order chi connectivity index (χ1) is 16.1. The number of pyridine rings is 1. The van der Waals surface area contributed by atoms with Crippen LogP contribution in [0.2, 0.25) is 0 Å². The lowest BCUT2D eigenvalue weighted by atomic mass is 10.1. The number of benzene rings is 1. The molecule has 2 saturated heterocycles. The van der Waals surface area contributed by atoms with Crippen LogP contribution in [0.3, 0.4) is 0 Å². The van der Waals surface area contributed by atoms with E-state index in [9.17, 15) is 9.90 Å². The maximum Gasteiger partial charge on any atom is 0.222 e. The minimum absolute atomic E-state index is 0.0890. The topological polar surface area (TPSA) is 111 Å². The van der Waals surface area contributed by atoms with Crippen molar-refractivity contribution in [1.29, 1.82) is 0 Å². The molecule has 1 aromatic heterocycles. The van der Waals surface area contributed by atoms with Crippen LogP contribution in [0.15, 0.2) is 42.6 Å². The molecule has 178 valence electrons. The fourth-order valence-electron chi connectivity index (χ4n) is 4.32. The number of carbonyl (C=O) groups excluding carboxylic acids is 1. The van der Waals surface area contributed by atoms with Crippen molar-refractivity contribution in [3.8, 4) is 11.6 Å². The molecule has 2 aromatic rings. The summed E-state index contributed by atoms with van der Waals surface area (Å²) in [5.41, 5.74) is 1.93. The SMILES string of the molecule is COc1ccc(CNC(=O)CC2CC3OC(CNCc4cccnc4OC)C(O)C3O2)cc1. The molecule has 9 heteroatoms. The number of rotatable bonds is 10. The van der Waals surface area contributed by atoms with Gasteiger partial charge in [-0.1, -0.05) is 18.2 Å². The molecule has 3 heterocycles. The van der Waals surface area contributed by atoms with Crippen molar-refractivity contribution >= 4 is 5.91 Å². The summed E-state index contributed by atoms with van der Waals surface area (Å²) in [5, 5.41) is 16.9. The second kappa shape index (κ2) is 10.9. The average Bonchev–Trinajstić information content (AvgIpc) is 3.36. The summed E-state index contributed by atoms with van der Waals surface area (Å²) in [6.45, 7) is 1.47. The third-order valence-electron chi connectivity index (χ3n) is 6.04. The molecule has 33 heavy (non-hydrogen) atoms. The molecule has 4 rings (SSSR count). The highest BCUT2D eigenvalue weighted by atomic mass is 16.6. The van der Waals surface area contributed by atoms with E-state index in [-0.39, 0.29) is 30.6 Å². The third kappa shape index (κ3) is 5.80. The van der Waals surface area contributed by atoms with Crippen LogP contribution in [-0.4, -0.2) is 67.3 Å². The molecule has 2 aliphatic heterocycles. The van der Waals surface area contributed by atoms with Gasteiger partial charge in [0.1, 0.15) is 18.0 Å². The number of methoxy groups -OCH3 is 2. The molecule has 3 N–H and O–H groups in total. The number of nitrogens with one attached hydrogen (secondary N) is 2. The Kier molecular flexibility index (Phi) is 7.77. The lowest BCUT2D eigenvalue weighted by molar-refractivity contribution is -0.124. The molecular formula is C24H31N3O6. The second-order valence-corrected chi connectivity index (χ2v) is 8.29. The van der Waals surface area contributed by atoms with Crippen molar-refractivity contribution in [1.82, 2.24) is 15.6 Å². The Morgan fingerprint density at radius 2 is 1.97 bits per heavy atom. The molecule has 1 amide bonds. The van der Waals surface area contributed by atoms with Gasteiger partial charge in [-0.3, -0.25) is 4.79 Å². The first kappa shape index (κ1) is 23.4. The van der Waals surface area contributed by atoms with E-state index in [1.807, 2.05) is 36.4 Å². The second-order valence-electron chi connectivity index (χ2n) is 8.29. The molecule has 1 aromatic carbocycles. The Morgan fingerprint density at radius 3 is 2.70 bits per heavy atom. The van der Waals surface area contributed by atoms with Crippen molar-refractivity contribution in [3.05, 3.63) is 53.7 Å². The molecular weight excluding hydrogens is 426 g/mol. The quantitative estimate of drug-likeness (QED) is 0.488. The summed E-state index contributed by atoms with van der Waals surface area (Å²) in [6.07, 6.45) is 0.508. The van der Waals surface area contributed by atoms with Crippen LogP contribution in [0.4, 0.5) is 0 Å².